The molecule has 21 heavy (non-hydrogen) atoms. The summed E-state index contributed by atoms with van der Waals surface area (Å²) in [5.74, 6) is -0.558. The van der Waals surface area contributed by atoms with E-state index in [-0.39, 0.29) is 16.3 Å². The van der Waals surface area contributed by atoms with Crippen molar-refractivity contribution in [1.82, 2.24) is 0 Å². The SMILES string of the molecule is O=S(=O)(c1ccc(F)c(CCl)c1)N1CCc2ccccc21. The zero-order valence-corrected chi connectivity index (χ0v) is 12.7. The monoisotopic (exact) mass is 325 g/mol. The summed E-state index contributed by atoms with van der Waals surface area (Å²) in [6, 6.07) is 11.1. The summed E-state index contributed by atoms with van der Waals surface area (Å²) in [4.78, 5) is 0.0660. The zero-order valence-electron chi connectivity index (χ0n) is 11.1. The summed E-state index contributed by atoms with van der Waals surface area (Å²) in [7, 11) is -3.69. The number of nitrogens with zero attached hydrogens (tertiary/aromatic N) is 1. The van der Waals surface area contributed by atoms with Crippen molar-refractivity contribution in [2.24, 2.45) is 0 Å². The normalized spacial score (nSPS) is 14.3. The van der Waals surface area contributed by atoms with Gasteiger partial charge in [0.25, 0.3) is 10.0 Å². The van der Waals surface area contributed by atoms with Gasteiger partial charge in [-0.25, -0.2) is 12.8 Å². The van der Waals surface area contributed by atoms with Crippen LogP contribution < -0.4 is 4.31 Å². The Labute approximate surface area is 128 Å². The quantitative estimate of drug-likeness (QED) is 0.812. The lowest BCUT2D eigenvalue weighted by atomic mass is 10.2. The molecule has 3 nitrogen and oxygen atoms in total. The Balaban J connectivity index is 2.06. The average Bonchev–Trinajstić information content (AvgIpc) is 2.92. The van der Waals surface area contributed by atoms with Crippen LogP contribution in [-0.2, 0) is 22.3 Å². The third kappa shape index (κ3) is 2.40. The van der Waals surface area contributed by atoms with Crippen molar-refractivity contribution < 1.29 is 12.8 Å². The van der Waals surface area contributed by atoms with E-state index in [1.54, 1.807) is 6.07 Å². The summed E-state index contributed by atoms with van der Waals surface area (Å²) in [5, 5.41) is 0. The molecule has 0 saturated heterocycles. The maximum Gasteiger partial charge on any atom is 0.264 e. The molecule has 0 amide bonds. The van der Waals surface area contributed by atoms with E-state index in [0.29, 0.717) is 18.7 Å². The number of fused-ring (bicyclic) bond motifs is 1. The van der Waals surface area contributed by atoms with Gasteiger partial charge in [0, 0.05) is 12.1 Å². The third-order valence-corrected chi connectivity index (χ3v) is 5.69. The van der Waals surface area contributed by atoms with Crippen LogP contribution in [0.25, 0.3) is 0 Å². The molecule has 0 saturated carbocycles. The minimum Gasteiger partial charge on any atom is -0.266 e. The van der Waals surface area contributed by atoms with Gasteiger partial charge in [-0.05, 0) is 36.2 Å². The highest BCUT2D eigenvalue weighted by atomic mass is 35.5. The number of halogens is 2. The van der Waals surface area contributed by atoms with E-state index in [1.165, 1.54) is 16.4 Å². The summed E-state index contributed by atoms with van der Waals surface area (Å²) in [6.45, 7) is 0.398. The minimum atomic E-state index is -3.69. The van der Waals surface area contributed by atoms with Crippen LogP contribution in [0, 0.1) is 5.82 Å². The molecule has 0 spiro atoms. The standard InChI is InChI=1S/C15H13ClFNO2S/c16-10-12-9-13(5-6-14(12)17)21(19,20)18-8-7-11-3-1-2-4-15(11)18/h1-6,9H,7-8,10H2. The molecule has 0 unspecified atom stereocenters. The van der Waals surface area contributed by atoms with Crippen molar-refractivity contribution in [1.29, 1.82) is 0 Å². The van der Waals surface area contributed by atoms with Crippen molar-refractivity contribution in [3.8, 4) is 0 Å². The predicted molar refractivity (Wildman–Crippen MR) is 80.6 cm³/mol. The van der Waals surface area contributed by atoms with Crippen LogP contribution in [-0.4, -0.2) is 15.0 Å². The fourth-order valence-electron chi connectivity index (χ4n) is 2.50. The molecule has 6 heteroatoms. The van der Waals surface area contributed by atoms with Gasteiger partial charge in [0.2, 0.25) is 0 Å². The molecule has 110 valence electrons. The van der Waals surface area contributed by atoms with Crippen LogP contribution in [0.2, 0.25) is 0 Å². The largest absolute Gasteiger partial charge is 0.266 e. The molecule has 2 aromatic carbocycles. The second kappa shape index (κ2) is 5.31. The van der Waals surface area contributed by atoms with Gasteiger partial charge in [0.1, 0.15) is 5.82 Å². The van der Waals surface area contributed by atoms with E-state index in [4.69, 9.17) is 11.6 Å². The first kappa shape index (κ1) is 14.4. The number of rotatable bonds is 3. The van der Waals surface area contributed by atoms with Gasteiger partial charge in [-0.15, -0.1) is 11.6 Å². The highest BCUT2D eigenvalue weighted by molar-refractivity contribution is 7.92. The van der Waals surface area contributed by atoms with Gasteiger partial charge < -0.3 is 0 Å². The second-order valence-corrected chi connectivity index (χ2v) is 6.97. The predicted octanol–water partition coefficient (Wildman–Crippen LogP) is 3.32. The van der Waals surface area contributed by atoms with Crippen LogP contribution >= 0.6 is 11.6 Å². The van der Waals surface area contributed by atoms with Crippen LogP contribution in [0.5, 0.6) is 0 Å². The zero-order chi connectivity index (χ0) is 15.0. The van der Waals surface area contributed by atoms with Gasteiger partial charge in [0.05, 0.1) is 16.5 Å². The molecule has 1 aliphatic rings. The lowest BCUT2D eigenvalue weighted by molar-refractivity contribution is 0.590. The number of benzene rings is 2. The molecule has 0 bridgehead atoms. The first-order valence-electron chi connectivity index (χ1n) is 6.49. The van der Waals surface area contributed by atoms with Gasteiger partial charge >= 0.3 is 0 Å². The molecule has 2 aromatic rings. The maximum absolute atomic E-state index is 13.5. The number of para-hydroxylation sites is 1. The van der Waals surface area contributed by atoms with Gasteiger partial charge in [-0.2, -0.15) is 0 Å². The lowest BCUT2D eigenvalue weighted by Gasteiger charge is -2.20. The molecule has 1 heterocycles. The number of hydrogen-bond donors (Lipinski definition) is 0. The first-order valence-corrected chi connectivity index (χ1v) is 8.46. The minimum absolute atomic E-state index is 0.0637. The Morgan fingerprint density at radius 3 is 2.71 bits per heavy atom. The lowest BCUT2D eigenvalue weighted by Crippen LogP contribution is -2.29. The molecule has 0 aromatic heterocycles. The van der Waals surface area contributed by atoms with Crippen LogP contribution in [0.1, 0.15) is 11.1 Å². The van der Waals surface area contributed by atoms with Crippen molar-refractivity contribution in [3.63, 3.8) is 0 Å². The van der Waals surface area contributed by atoms with Crippen LogP contribution in [0.15, 0.2) is 47.4 Å². The number of alkyl halides is 1. The Morgan fingerprint density at radius 1 is 1.19 bits per heavy atom. The van der Waals surface area contributed by atoms with Crippen molar-refractivity contribution in [3.05, 3.63) is 59.4 Å². The fourth-order valence-corrected chi connectivity index (χ4v) is 4.26. The second-order valence-electron chi connectivity index (χ2n) is 4.84. The Morgan fingerprint density at radius 2 is 1.95 bits per heavy atom. The number of anilines is 1. The van der Waals surface area contributed by atoms with E-state index in [1.807, 2.05) is 18.2 Å². The summed E-state index contributed by atoms with van der Waals surface area (Å²) in [5.41, 5.74) is 1.88. The van der Waals surface area contributed by atoms with Crippen molar-refractivity contribution in [2.45, 2.75) is 17.2 Å². The van der Waals surface area contributed by atoms with E-state index in [0.717, 1.165) is 11.6 Å². The molecule has 0 aliphatic carbocycles. The highest BCUT2D eigenvalue weighted by Gasteiger charge is 2.30. The van der Waals surface area contributed by atoms with Gasteiger partial charge in [-0.3, -0.25) is 4.31 Å². The first-order chi connectivity index (χ1) is 10.0. The van der Waals surface area contributed by atoms with Crippen LogP contribution in [0.3, 0.4) is 0 Å². The molecule has 0 atom stereocenters. The summed E-state index contributed by atoms with van der Waals surface area (Å²) in [6.07, 6.45) is 0.680. The number of hydrogen-bond acceptors (Lipinski definition) is 2. The molecule has 0 N–H and O–H groups in total. The molecule has 3 rings (SSSR count). The van der Waals surface area contributed by atoms with E-state index < -0.39 is 15.8 Å². The van der Waals surface area contributed by atoms with E-state index >= 15 is 0 Å². The third-order valence-electron chi connectivity index (χ3n) is 3.59. The highest BCUT2D eigenvalue weighted by Crippen LogP contribution is 2.33. The Kier molecular flexibility index (Phi) is 3.63. The number of sulfonamides is 1. The topological polar surface area (TPSA) is 37.4 Å². The molecule has 1 aliphatic heterocycles. The molecule has 0 radical (unpaired) electrons. The average molecular weight is 326 g/mol. The smallest absolute Gasteiger partial charge is 0.264 e. The maximum atomic E-state index is 13.5. The van der Waals surface area contributed by atoms with Crippen molar-refractivity contribution in [2.75, 3.05) is 10.8 Å². The van der Waals surface area contributed by atoms with Gasteiger partial charge in [-0.1, -0.05) is 18.2 Å². The molecular weight excluding hydrogens is 313 g/mol. The van der Waals surface area contributed by atoms with E-state index in [2.05, 4.69) is 0 Å². The molecular formula is C15H13ClFNO2S. The Hall–Kier alpha value is -1.59. The molecule has 0 fully saturated rings. The Bertz CT molecular complexity index is 792. The van der Waals surface area contributed by atoms with Gasteiger partial charge in [0.15, 0.2) is 0 Å². The summed E-state index contributed by atoms with van der Waals surface area (Å²) < 4.78 is 40.3. The fraction of sp³-hybridized carbons (Fsp3) is 0.200. The van der Waals surface area contributed by atoms with Crippen LogP contribution in [0.4, 0.5) is 10.1 Å². The van der Waals surface area contributed by atoms with E-state index in [9.17, 15) is 12.8 Å². The summed E-state index contributed by atoms with van der Waals surface area (Å²) >= 11 is 5.65. The van der Waals surface area contributed by atoms with Crippen molar-refractivity contribution >= 4 is 27.3 Å².